The van der Waals surface area contributed by atoms with Crippen LogP contribution in [0.15, 0.2) is 150 Å². The minimum absolute atomic E-state index is 0.0303. The Morgan fingerprint density at radius 1 is 0.396 bits per heavy atom. The van der Waals surface area contributed by atoms with Crippen LogP contribution in [0.25, 0.3) is 88.1 Å². The summed E-state index contributed by atoms with van der Waals surface area (Å²) in [6, 6.07) is 53.6. The van der Waals surface area contributed by atoms with Gasteiger partial charge in [0.05, 0.1) is 27.8 Å². The Kier molecular flexibility index (Phi) is 6.70. The molecule has 3 aromatic heterocycles. The van der Waals surface area contributed by atoms with Gasteiger partial charge in [-0.2, -0.15) is 0 Å². The fourth-order valence-electron chi connectivity index (χ4n) is 8.36. The Morgan fingerprint density at radius 2 is 0.962 bits per heavy atom. The standard InChI is InChI=1S/C50H42N2O/c1-49(2,3)33-22-26-44-40(29-33)36-23-19-32(28-46(36)52(44)45-17-12-16-38-37-15-10-11-18-47(37)53-48(38)45)31-20-24-42-39(27-31)41-30-34(50(4,5)6)21-25-43(41)51(42)35-13-8-7-9-14-35/h7-30H,1-6H3. The van der Waals surface area contributed by atoms with E-state index in [2.05, 4.69) is 190 Å². The SMILES string of the molecule is CC(C)(C)c1ccc2c(c1)c1cc(-c3ccc4c5cc(C(C)(C)C)ccc5n(-c5cccc6c5oc5ccccc56)c4c3)ccc1n2-c1ccccc1. The Balaban J connectivity index is 1.25. The molecule has 3 heteroatoms. The van der Waals surface area contributed by atoms with Gasteiger partial charge in [0.15, 0.2) is 5.58 Å². The third-order valence-electron chi connectivity index (χ3n) is 11.2. The lowest BCUT2D eigenvalue weighted by molar-refractivity contribution is 0.591. The van der Waals surface area contributed by atoms with Gasteiger partial charge in [-0.05, 0) is 99.8 Å². The molecule has 0 saturated carbocycles. The molecule has 3 nitrogen and oxygen atoms in total. The number of para-hydroxylation sites is 3. The van der Waals surface area contributed by atoms with Crippen LogP contribution in [0.4, 0.5) is 0 Å². The highest BCUT2D eigenvalue weighted by Crippen LogP contribution is 2.42. The largest absolute Gasteiger partial charge is 0.454 e. The highest BCUT2D eigenvalue weighted by Gasteiger charge is 2.22. The Labute approximate surface area is 309 Å². The quantitative estimate of drug-likeness (QED) is 0.181. The van der Waals surface area contributed by atoms with Crippen LogP contribution in [0.1, 0.15) is 52.7 Å². The van der Waals surface area contributed by atoms with E-state index in [1.165, 1.54) is 71.6 Å². The highest BCUT2D eigenvalue weighted by atomic mass is 16.3. The van der Waals surface area contributed by atoms with Crippen molar-refractivity contribution in [1.82, 2.24) is 9.13 Å². The Morgan fingerprint density at radius 3 is 1.68 bits per heavy atom. The second-order valence-corrected chi connectivity index (χ2v) is 16.7. The maximum absolute atomic E-state index is 6.64. The zero-order valence-corrected chi connectivity index (χ0v) is 31.2. The van der Waals surface area contributed by atoms with Crippen LogP contribution in [0.2, 0.25) is 0 Å². The molecule has 0 unspecified atom stereocenters. The lowest BCUT2D eigenvalue weighted by Gasteiger charge is -2.19. The zero-order valence-electron chi connectivity index (χ0n) is 31.2. The van der Waals surface area contributed by atoms with Gasteiger partial charge in [-0.1, -0.05) is 120 Å². The number of rotatable bonds is 3. The molecule has 0 aliphatic carbocycles. The van der Waals surface area contributed by atoms with E-state index in [0.29, 0.717) is 0 Å². The van der Waals surface area contributed by atoms with Gasteiger partial charge in [-0.25, -0.2) is 0 Å². The molecule has 258 valence electrons. The molecule has 0 aliphatic heterocycles. The summed E-state index contributed by atoms with van der Waals surface area (Å²) in [5.41, 5.74) is 13.9. The van der Waals surface area contributed by atoms with E-state index < -0.39 is 0 Å². The summed E-state index contributed by atoms with van der Waals surface area (Å²) in [7, 11) is 0. The highest BCUT2D eigenvalue weighted by molar-refractivity contribution is 6.14. The normalized spacial score (nSPS) is 12.7. The molecule has 3 heterocycles. The van der Waals surface area contributed by atoms with E-state index in [-0.39, 0.29) is 10.8 Å². The zero-order chi connectivity index (χ0) is 36.2. The van der Waals surface area contributed by atoms with Crippen LogP contribution in [-0.4, -0.2) is 9.13 Å². The van der Waals surface area contributed by atoms with Crippen molar-refractivity contribution in [2.75, 3.05) is 0 Å². The molecule has 10 aromatic rings. The van der Waals surface area contributed by atoms with Gasteiger partial charge >= 0.3 is 0 Å². The molecule has 0 bridgehead atoms. The van der Waals surface area contributed by atoms with Crippen molar-refractivity contribution in [3.63, 3.8) is 0 Å². The maximum Gasteiger partial charge on any atom is 0.159 e. The van der Waals surface area contributed by atoms with Crippen LogP contribution in [0.3, 0.4) is 0 Å². The lowest BCUT2D eigenvalue weighted by Crippen LogP contribution is -2.10. The fourth-order valence-corrected chi connectivity index (χ4v) is 8.36. The van der Waals surface area contributed by atoms with Crippen LogP contribution < -0.4 is 0 Å². The summed E-state index contributed by atoms with van der Waals surface area (Å²) in [4.78, 5) is 0. The number of nitrogens with zero attached hydrogens (tertiary/aromatic N) is 2. The predicted octanol–water partition coefficient (Wildman–Crippen LogP) is 14.0. The van der Waals surface area contributed by atoms with Crippen LogP contribution in [0, 0.1) is 0 Å². The van der Waals surface area contributed by atoms with Gasteiger partial charge in [-0.15, -0.1) is 0 Å². The summed E-state index contributed by atoms with van der Waals surface area (Å²) >= 11 is 0. The second kappa shape index (κ2) is 11.2. The maximum atomic E-state index is 6.64. The van der Waals surface area contributed by atoms with Gasteiger partial charge in [0, 0.05) is 38.0 Å². The first kappa shape index (κ1) is 31.7. The van der Waals surface area contributed by atoms with Gasteiger partial charge < -0.3 is 13.6 Å². The van der Waals surface area contributed by atoms with Gasteiger partial charge in [0.25, 0.3) is 0 Å². The molecule has 0 saturated heterocycles. The molecule has 0 spiro atoms. The summed E-state index contributed by atoms with van der Waals surface area (Å²) in [5.74, 6) is 0. The van der Waals surface area contributed by atoms with E-state index in [4.69, 9.17) is 4.42 Å². The second-order valence-electron chi connectivity index (χ2n) is 16.7. The molecule has 0 atom stereocenters. The number of furan rings is 1. The van der Waals surface area contributed by atoms with E-state index in [1.54, 1.807) is 0 Å². The number of aromatic nitrogens is 2. The van der Waals surface area contributed by atoms with Gasteiger partial charge in [-0.3, -0.25) is 0 Å². The summed E-state index contributed by atoms with van der Waals surface area (Å²) < 4.78 is 11.5. The van der Waals surface area contributed by atoms with Crippen LogP contribution >= 0.6 is 0 Å². The molecular weight excluding hydrogens is 645 g/mol. The van der Waals surface area contributed by atoms with Crippen LogP contribution in [0.5, 0.6) is 0 Å². The number of hydrogen-bond acceptors (Lipinski definition) is 1. The van der Waals surface area contributed by atoms with Crippen molar-refractivity contribution >= 4 is 65.6 Å². The first-order valence-electron chi connectivity index (χ1n) is 18.7. The molecular formula is C50H42N2O. The molecule has 0 radical (unpaired) electrons. The molecule has 0 N–H and O–H groups in total. The first-order valence-corrected chi connectivity index (χ1v) is 18.7. The lowest BCUT2D eigenvalue weighted by atomic mass is 9.86. The van der Waals surface area contributed by atoms with Crippen molar-refractivity contribution in [2.24, 2.45) is 0 Å². The average Bonchev–Trinajstić information content (AvgIpc) is 3.81. The Bertz CT molecular complexity index is 3060. The van der Waals surface area contributed by atoms with E-state index in [0.717, 1.165) is 27.6 Å². The topological polar surface area (TPSA) is 23.0 Å². The van der Waals surface area contributed by atoms with Gasteiger partial charge in [0.1, 0.15) is 5.58 Å². The molecule has 0 aliphatic rings. The van der Waals surface area contributed by atoms with Crippen molar-refractivity contribution in [2.45, 2.75) is 52.4 Å². The van der Waals surface area contributed by atoms with Crippen molar-refractivity contribution < 1.29 is 4.42 Å². The summed E-state index contributed by atoms with van der Waals surface area (Å²) in [6.07, 6.45) is 0. The van der Waals surface area contributed by atoms with Crippen molar-refractivity contribution in [3.05, 3.63) is 157 Å². The first-order chi connectivity index (χ1) is 25.5. The molecule has 7 aromatic carbocycles. The third kappa shape index (κ3) is 4.87. The van der Waals surface area contributed by atoms with E-state index >= 15 is 0 Å². The van der Waals surface area contributed by atoms with Crippen molar-refractivity contribution in [3.8, 4) is 22.5 Å². The van der Waals surface area contributed by atoms with Crippen molar-refractivity contribution in [1.29, 1.82) is 0 Å². The average molecular weight is 687 g/mol. The molecule has 53 heavy (non-hydrogen) atoms. The van der Waals surface area contributed by atoms with E-state index in [1.807, 2.05) is 6.07 Å². The Hall–Kier alpha value is -6.06. The monoisotopic (exact) mass is 686 g/mol. The van der Waals surface area contributed by atoms with Gasteiger partial charge in [0.2, 0.25) is 0 Å². The van der Waals surface area contributed by atoms with Crippen LogP contribution in [-0.2, 0) is 10.8 Å². The smallest absolute Gasteiger partial charge is 0.159 e. The fraction of sp³-hybridized carbons (Fsp3) is 0.160. The molecule has 10 rings (SSSR count). The number of benzene rings is 7. The van der Waals surface area contributed by atoms with E-state index in [9.17, 15) is 0 Å². The summed E-state index contributed by atoms with van der Waals surface area (Å²) in [6.45, 7) is 13.7. The molecule has 0 amide bonds. The summed E-state index contributed by atoms with van der Waals surface area (Å²) in [5, 5.41) is 7.29. The predicted molar refractivity (Wildman–Crippen MR) is 225 cm³/mol. The molecule has 0 fully saturated rings. The number of hydrogen-bond donors (Lipinski definition) is 0. The minimum Gasteiger partial charge on any atom is -0.454 e. The number of fused-ring (bicyclic) bond motifs is 9. The third-order valence-corrected chi connectivity index (χ3v) is 11.2. The minimum atomic E-state index is 0.0303.